The zero-order valence-electron chi connectivity index (χ0n) is 7.65. The first-order valence-electron chi connectivity index (χ1n) is 3.79. The van der Waals surface area contributed by atoms with Crippen molar-refractivity contribution in [3.8, 4) is 5.88 Å². The molecule has 0 atom stereocenters. The summed E-state index contributed by atoms with van der Waals surface area (Å²) in [5, 5.41) is 9.21. The van der Waals surface area contributed by atoms with E-state index in [0.29, 0.717) is 0 Å². The van der Waals surface area contributed by atoms with E-state index in [1.54, 1.807) is 0 Å². The molecule has 1 aromatic rings. The third-order valence-corrected chi connectivity index (χ3v) is 2.50. The van der Waals surface area contributed by atoms with Gasteiger partial charge in [-0.15, -0.1) is 0 Å². The molecule has 0 aliphatic heterocycles. The van der Waals surface area contributed by atoms with Gasteiger partial charge in [-0.3, -0.25) is 14.3 Å². The molecule has 0 spiro atoms. The van der Waals surface area contributed by atoms with E-state index < -0.39 is 27.3 Å². The topological polar surface area (TPSA) is 107 Å². The highest BCUT2D eigenvalue weighted by Gasteiger charge is 2.13. The Kier molecular flexibility index (Phi) is 2.69. The monoisotopic (exact) mass is 231 g/mol. The second-order valence-corrected chi connectivity index (χ2v) is 4.42. The van der Waals surface area contributed by atoms with Crippen molar-refractivity contribution in [1.82, 2.24) is 4.98 Å². The Bertz CT molecular complexity index is 643. The van der Waals surface area contributed by atoms with Gasteiger partial charge in [0.15, 0.2) is 5.88 Å². The van der Waals surface area contributed by atoms with Gasteiger partial charge >= 0.3 is 0 Å². The lowest BCUT2D eigenvalue weighted by Gasteiger charge is -2.02. The fourth-order valence-electron chi connectivity index (χ4n) is 1.06. The average molecular weight is 231 g/mol. The fraction of sp³-hybridized carbons (Fsp3) is 0.125. The molecule has 0 amide bonds. The number of H-pyrrole nitrogens is 1. The van der Waals surface area contributed by atoms with Crippen molar-refractivity contribution in [2.75, 3.05) is 0 Å². The minimum atomic E-state index is -4.30. The van der Waals surface area contributed by atoms with Gasteiger partial charge in [0.25, 0.3) is 15.7 Å². The number of hydrogen-bond donors (Lipinski definition) is 3. The van der Waals surface area contributed by atoms with Crippen molar-refractivity contribution in [2.45, 2.75) is 5.75 Å². The number of aromatic amines is 1. The molecule has 0 unspecified atom stereocenters. The van der Waals surface area contributed by atoms with Crippen LogP contribution in [-0.4, -0.2) is 23.1 Å². The van der Waals surface area contributed by atoms with Gasteiger partial charge in [0.05, 0.1) is 0 Å². The van der Waals surface area contributed by atoms with Crippen molar-refractivity contribution in [3.63, 3.8) is 0 Å². The first kappa shape index (κ1) is 11.5. The second-order valence-electron chi connectivity index (χ2n) is 2.96. The van der Waals surface area contributed by atoms with Gasteiger partial charge in [0.1, 0.15) is 5.75 Å². The summed E-state index contributed by atoms with van der Waals surface area (Å²) in [7, 11) is -4.30. The number of aromatic hydroxyl groups is 1. The third kappa shape index (κ3) is 2.45. The van der Waals surface area contributed by atoms with E-state index >= 15 is 0 Å². The minimum Gasteiger partial charge on any atom is -0.494 e. The summed E-state index contributed by atoms with van der Waals surface area (Å²) < 4.78 is 29.8. The van der Waals surface area contributed by atoms with Crippen molar-refractivity contribution in [1.29, 1.82) is 0 Å². The van der Waals surface area contributed by atoms with Gasteiger partial charge in [-0.1, -0.05) is 13.2 Å². The Morgan fingerprint density at radius 1 is 1.27 bits per heavy atom. The van der Waals surface area contributed by atoms with Gasteiger partial charge in [0.2, 0.25) is 0 Å². The molecule has 0 aromatic carbocycles. The number of nitrogens with one attached hydrogen (secondary N) is 1. The summed E-state index contributed by atoms with van der Waals surface area (Å²) in [6.07, 6.45) is 0. The molecule has 0 bridgehead atoms. The summed E-state index contributed by atoms with van der Waals surface area (Å²) in [5.74, 6) is -1.45. The van der Waals surface area contributed by atoms with Crippen LogP contribution in [0.1, 0.15) is 5.56 Å². The molecule has 15 heavy (non-hydrogen) atoms. The first-order chi connectivity index (χ1) is 6.72. The molecule has 0 saturated heterocycles. The molecule has 6 nitrogen and oxygen atoms in total. The Hall–Kier alpha value is -1.60. The van der Waals surface area contributed by atoms with E-state index in [9.17, 15) is 18.3 Å². The van der Waals surface area contributed by atoms with E-state index in [0.717, 1.165) is 0 Å². The number of hydrogen-bond acceptors (Lipinski definition) is 4. The quantitative estimate of drug-likeness (QED) is 0.525. The molecule has 0 radical (unpaired) electrons. The molecule has 82 valence electrons. The van der Waals surface area contributed by atoms with Crippen LogP contribution in [0.3, 0.4) is 0 Å². The van der Waals surface area contributed by atoms with Crippen LogP contribution in [0, 0.1) is 0 Å². The molecule has 7 heteroatoms. The van der Waals surface area contributed by atoms with E-state index in [-0.39, 0.29) is 16.0 Å². The average Bonchev–Trinajstić information content (AvgIpc) is 2.07. The van der Waals surface area contributed by atoms with E-state index in [2.05, 4.69) is 13.2 Å². The normalized spacial score (nSPS) is 11.5. The van der Waals surface area contributed by atoms with Crippen LogP contribution < -0.4 is 16.0 Å². The van der Waals surface area contributed by atoms with Gasteiger partial charge in [-0.2, -0.15) is 8.42 Å². The maximum Gasteiger partial charge on any atom is 0.269 e. The molecule has 1 rings (SSSR count). The Morgan fingerprint density at radius 2 is 1.80 bits per heavy atom. The second kappa shape index (κ2) is 3.52. The van der Waals surface area contributed by atoms with Crippen LogP contribution >= 0.6 is 0 Å². The van der Waals surface area contributed by atoms with Crippen LogP contribution in [-0.2, 0) is 15.9 Å². The maximum atomic E-state index is 11.0. The Labute approximate surface area is 85.0 Å². The van der Waals surface area contributed by atoms with Crippen LogP contribution in [0.2, 0.25) is 0 Å². The standard InChI is InChI=1S/C8H9NO5S/c1-4-5(2)7(10)9-8(11)6(4)3-15(12,13)14/h11H,1-3H2,(H,9,10)(H,12,13,14). The number of aromatic nitrogens is 1. The zero-order chi connectivity index (χ0) is 11.8. The molecular formula is C8H9NO5S. The number of pyridine rings is 1. The lowest BCUT2D eigenvalue weighted by molar-refractivity contribution is 0.440. The maximum absolute atomic E-state index is 11.0. The van der Waals surface area contributed by atoms with Gasteiger partial charge < -0.3 is 5.11 Å². The third-order valence-electron chi connectivity index (χ3n) is 1.85. The molecule has 1 aromatic heterocycles. The fourth-order valence-corrected chi connectivity index (χ4v) is 1.73. The van der Waals surface area contributed by atoms with Crippen molar-refractivity contribution < 1.29 is 18.1 Å². The van der Waals surface area contributed by atoms with Crippen LogP contribution in [0.4, 0.5) is 0 Å². The SMILES string of the molecule is C=c1c(CS(=O)(=O)O)c(O)[nH]c(=O)c1=C. The van der Waals surface area contributed by atoms with Crippen LogP contribution in [0.15, 0.2) is 4.79 Å². The van der Waals surface area contributed by atoms with Crippen molar-refractivity contribution >= 4 is 23.3 Å². The smallest absolute Gasteiger partial charge is 0.269 e. The Balaban J connectivity index is 3.59. The number of rotatable bonds is 2. The van der Waals surface area contributed by atoms with Gasteiger partial charge in [-0.25, -0.2) is 0 Å². The Morgan fingerprint density at radius 3 is 2.27 bits per heavy atom. The van der Waals surface area contributed by atoms with E-state index in [4.69, 9.17) is 4.55 Å². The van der Waals surface area contributed by atoms with Crippen molar-refractivity contribution in [3.05, 3.63) is 26.4 Å². The molecule has 0 aliphatic carbocycles. The first-order valence-corrected chi connectivity index (χ1v) is 5.40. The summed E-state index contributed by atoms with van der Waals surface area (Å²) in [6, 6.07) is 0. The highest BCUT2D eigenvalue weighted by Crippen LogP contribution is 2.07. The summed E-state index contributed by atoms with van der Waals surface area (Å²) >= 11 is 0. The summed E-state index contributed by atoms with van der Waals surface area (Å²) in [5.41, 5.74) is -0.821. The van der Waals surface area contributed by atoms with Crippen LogP contribution in [0.5, 0.6) is 5.88 Å². The van der Waals surface area contributed by atoms with E-state index in [1.165, 1.54) is 0 Å². The summed E-state index contributed by atoms with van der Waals surface area (Å²) in [4.78, 5) is 13.0. The molecule has 0 fully saturated rings. The lowest BCUT2D eigenvalue weighted by Crippen LogP contribution is -2.41. The highest BCUT2D eigenvalue weighted by atomic mass is 32.2. The van der Waals surface area contributed by atoms with Crippen LogP contribution in [0.25, 0.3) is 13.2 Å². The molecule has 1 heterocycles. The zero-order valence-corrected chi connectivity index (χ0v) is 8.47. The lowest BCUT2D eigenvalue weighted by atomic mass is 10.2. The predicted octanol–water partition coefficient (Wildman–Crippen LogP) is -1.71. The predicted molar refractivity (Wildman–Crippen MR) is 54.3 cm³/mol. The summed E-state index contributed by atoms with van der Waals surface area (Å²) in [6.45, 7) is 6.77. The molecular weight excluding hydrogens is 222 g/mol. The van der Waals surface area contributed by atoms with E-state index in [1.807, 2.05) is 4.98 Å². The minimum absolute atomic E-state index is 0.00567. The van der Waals surface area contributed by atoms with Crippen molar-refractivity contribution in [2.24, 2.45) is 0 Å². The highest BCUT2D eigenvalue weighted by molar-refractivity contribution is 7.85. The molecule has 3 N–H and O–H groups in total. The molecule has 0 aliphatic rings. The van der Waals surface area contributed by atoms with Gasteiger partial charge in [0, 0.05) is 10.8 Å². The largest absolute Gasteiger partial charge is 0.494 e. The van der Waals surface area contributed by atoms with Gasteiger partial charge in [-0.05, 0) is 5.22 Å². The molecule has 0 saturated carbocycles.